The Labute approximate surface area is 256 Å². The summed E-state index contributed by atoms with van der Waals surface area (Å²) in [6, 6.07) is 47.9. The Morgan fingerprint density at radius 3 is 1.89 bits per heavy atom. The lowest BCUT2D eigenvalue weighted by atomic mass is 9.98. The molecule has 0 aliphatic heterocycles. The van der Waals surface area contributed by atoms with Gasteiger partial charge in [-0.1, -0.05) is 103 Å². The molecule has 208 valence electrons. The van der Waals surface area contributed by atoms with Gasteiger partial charge in [0.15, 0.2) is 0 Å². The molecule has 44 heavy (non-hydrogen) atoms. The maximum Gasteiger partial charge on any atom is 0.0931 e. The van der Waals surface area contributed by atoms with E-state index >= 15 is 0 Å². The van der Waals surface area contributed by atoms with E-state index in [4.69, 9.17) is 4.98 Å². The Hall–Kier alpha value is -5.67. The second kappa shape index (κ2) is 9.96. The molecule has 0 spiro atoms. The van der Waals surface area contributed by atoms with E-state index in [1.165, 1.54) is 55.3 Å². The van der Waals surface area contributed by atoms with Gasteiger partial charge in [-0.25, -0.2) is 0 Å². The molecule has 0 fully saturated rings. The average Bonchev–Trinajstić information content (AvgIpc) is 3.62. The number of para-hydroxylation sites is 2. The van der Waals surface area contributed by atoms with Crippen LogP contribution < -0.4 is 0 Å². The smallest absolute Gasteiger partial charge is 0.0931 e. The molecule has 3 aromatic heterocycles. The van der Waals surface area contributed by atoms with E-state index in [-0.39, 0.29) is 0 Å². The van der Waals surface area contributed by atoms with Crippen molar-refractivity contribution in [1.82, 2.24) is 14.1 Å². The van der Waals surface area contributed by atoms with Crippen molar-refractivity contribution in [1.29, 1.82) is 0 Å². The largest absolute Gasteiger partial charge is 0.308 e. The van der Waals surface area contributed by atoms with Crippen molar-refractivity contribution in [3.8, 4) is 33.6 Å². The van der Waals surface area contributed by atoms with Gasteiger partial charge in [0.1, 0.15) is 0 Å². The highest BCUT2D eigenvalue weighted by Crippen LogP contribution is 2.42. The number of hydrogen-bond acceptors (Lipinski definition) is 1. The van der Waals surface area contributed by atoms with Gasteiger partial charge in [0.05, 0.1) is 34.0 Å². The van der Waals surface area contributed by atoms with Crippen molar-refractivity contribution in [2.24, 2.45) is 0 Å². The SMILES string of the molecule is C1=Cc2c(c3ncc4c(c5ccccc5n4-c4cc(-c5ccccc5)cc(-c5ccccc5)c4)c3n2-c2ccccc2)CC1. The summed E-state index contributed by atoms with van der Waals surface area (Å²) in [6.45, 7) is 0. The molecule has 9 rings (SSSR count). The number of nitrogens with zero attached hydrogens (tertiary/aromatic N) is 3. The molecule has 0 atom stereocenters. The van der Waals surface area contributed by atoms with Crippen molar-refractivity contribution in [3.05, 3.63) is 157 Å². The summed E-state index contributed by atoms with van der Waals surface area (Å²) in [4.78, 5) is 5.24. The summed E-state index contributed by atoms with van der Waals surface area (Å²) in [5.74, 6) is 0. The van der Waals surface area contributed by atoms with Crippen LogP contribution in [0.15, 0.2) is 146 Å². The van der Waals surface area contributed by atoms with E-state index in [2.05, 4.69) is 161 Å². The van der Waals surface area contributed by atoms with Crippen LogP contribution >= 0.6 is 0 Å². The fourth-order valence-corrected chi connectivity index (χ4v) is 7.05. The summed E-state index contributed by atoms with van der Waals surface area (Å²) < 4.78 is 4.84. The van der Waals surface area contributed by atoms with Crippen LogP contribution in [-0.2, 0) is 6.42 Å². The molecule has 3 nitrogen and oxygen atoms in total. The molecule has 0 radical (unpaired) electrons. The number of allylic oxidation sites excluding steroid dienone is 1. The quantitative estimate of drug-likeness (QED) is 0.209. The molecule has 0 amide bonds. The Balaban J connectivity index is 1.41. The molecule has 3 heterocycles. The highest BCUT2D eigenvalue weighted by atomic mass is 15.0. The monoisotopic (exact) mass is 563 g/mol. The maximum atomic E-state index is 5.24. The van der Waals surface area contributed by atoms with E-state index < -0.39 is 0 Å². The van der Waals surface area contributed by atoms with Crippen LogP contribution in [0.4, 0.5) is 0 Å². The van der Waals surface area contributed by atoms with Crippen molar-refractivity contribution in [2.45, 2.75) is 12.8 Å². The van der Waals surface area contributed by atoms with Gasteiger partial charge in [-0.2, -0.15) is 0 Å². The lowest BCUT2D eigenvalue weighted by molar-refractivity contribution is 0.966. The van der Waals surface area contributed by atoms with Crippen LogP contribution in [0, 0.1) is 0 Å². The van der Waals surface area contributed by atoms with E-state index in [0.717, 1.165) is 35.2 Å². The molecule has 0 N–H and O–H groups in total. The molecule has 0 saturated heterocycles. The Morgan fingerprint density at radius 1 is 0.545 bits per heavy atom. The number of aromatic nitrogens is 3. The number of aryl methyl sites for hydroxylation is 1. The summed E-state index contributed by atoms with van der Waals surface area (Å²) in [5, 5.41) is 2.47. The third-order valence-corrected chi connectivity index (χ3v) is 8.99. The third-order valence-electron chi connectivity index (χ3n) is 8.99. The molecule has 0 unspecified atom stereocenters. The van der Waals surface area contributed by atoms with Crippen LogP contribution in [-0.4, -0.2) is 14.1 Å². The lowest BCUT2D eigenvalue weighted by Gasteiger charge is -2.14. The molecule has 5 aromatic carbocycles. The zero-order chi connectivity index (χ0) is 29.0. The number of fused-ring (bicyclic) bond motifs is 7. The van der Waals surface area contributed by atoms with Crippen LogP contribution in [0.5, 0.6) is 0 Å². The predicted molar refractivity (Wildman–Crippen MR) is 184 cm³/mol. The van der Waals surface area contributed by atoms with E-state index in [1.807, 2.05) is 0 Å². The molecule has 1 aliphatic carbocycles. The molecule has 8 aromatic rings. The van der Waals surface area contributed by atoms with Gasteiger partial charge in [0.25, 0.3) is 0 Å². The summed E-state index contributed by atoms with van der Waals surface area (Å²) in [5.41, 5.74) is 14.2. The van der Waals surface area contributed by atoms with Crippen LogP contribution in [0.25, 0.3) is 72.5 Å². The van der Waals surface area contributed by atoms with E-state index in [9.17, 15) is 0 Å². The maximum absolute atomic E-state index is 5.24. The zero-order valence-corrected chi connectivity index (χ0v) is 24.2. The van der Waals surface area contributed by atoms with Crippen molar-refractivity contribution in [3.63, 3.8) is 0 Å². The van der Waals surface area contributed by atoms with Gasteiger partial charge in [-0.15, -0.1) is 0 Å². The third kappa shape index (κ3) is 3.79. The first-order valence-corrected chi connectivity index (χ1v) is 15.3. The first kappa shape index (κ1) is 24.9. The predicted octanol–water partition coefficient (Wildman–Crippen LogP) is 10.4. The molecule has 1 aliphatic rings. The molecule has 0 saturated carbocycles. The molecule has 3 heteroatoms. The van der Waals surface area contributed by atoms with Crippen molar-refractivity contribution < 1.29 is 0 Å². The summed E-state index contributed by atoms with van der Waals surface area (Å²) in [7, 11) is 0. The number of pyridine rings is 1. The van der Waals surface area contributed by atoms with Crippen molar-refractivity contribution >= 4 is 38.9 Å². The molecular weight excluding hydrogens is 534 g/mol. The van der Waals surface area contributed by atoms with E-state index in [0.29, 0.717) is 0 Å². The molecular formula is C41H29N3. The van der Waals surface area contributed by atoms with E-state index in [1.54, 1.807) is 0 Å². The first-order chi connectivity index (χ1) is 21.8. The van der Waals surface area contributed by atoms with Gasteiger partial charge in [-0.05, 0) is 77.6 Å². The number of rotatable bonds is 4. The van der Waals surface area contributed by atoms with Crippen LogP contribution in [0.1, 0.15) is 17.7 Å². The summed E-state index contributed by atoms with van der Waals surface area (Å²) in [6.07, 6.45) is 8.72. The Bertz CT molecular complexity index is 2300. The van der Waals surface area contributed by atoms with Crippen LogP contribution in [0.2, 0.25) is 0 Å². The minimum absolute atomic E-state index is 0.999. The van der Waals surface area contributed by atoms with Gasteiger partial charge < -0.3 is 9.13 Å². The lowest BCUT2D eigenvalue weighted by Crippen LogP contribution is -2.00. The second-order valence-electron chi connectivity index (χ2n) is 11.5. The fourth-order valence-electron chi connectivity index (χ4n) is 7.05. The number of benzene rings is 5. The average molecular weight is 564 g/mol. The fraction of sp³-hybridized carbons (Fsp3) is 0.0488. The van der Waals surface area contributed by atoms with Gasteiger partial charge >= 0.3 is 0 Å². The normalized spacial score (nSPS) is 12.7. The molecule has 0 bridgehead atoms. The Kier molecular flexibility index (Phi) is 5.63. The summed E-state index contributed by atoms with van der Waals surface area (Å²) >= 11 is 0. The Morgan fingerprint density at radius 2 is 1.18 bits per heavy atom. The van der Waals surface area contributed by atoms with Gasteiger partial charge in [0, 0.05) is 27.7 Å². The minimum atomic E-state index is 0.999. The highest BCUT2D eigenvalue weighted by Gasteiger charge is 2.25. The number of hydrogen-bond donors (Lipinski definition) is 0. The van der Waals surface area contributed by atoms with Gasteiger partial charge in [-0.3, -0.25) is 4.98 Å². The minimum Gasteiger partial charge on any atom is -0.308 e. The topological polar surface area (TPSA) is 22.8 Å². The highest BCUT2D eigenvalue weighted by molar-refractivity contribution is 6.20. The first-order valence-electron chi connectivity index (χ1n) is 15.3. The van der Waals surface area contributed by atoms with Crippen LogP contribution in [0.3, 0.4) is 0 Å². The van der Waals surface area contributed by atoms with Gasteiger partial charge in [0.2, 0.25) is 0 Å². The standard InChI is InChI=1S/C41H29N3/c1-4-14-28(15-5-1)30-24-31(29-16-6-2-7-17-29)26-33(25-30)43-36-22-12-10-20-34(36)39-38(43)27-42-40-35-21-11-13-23-37(35)44(41(39)40)32-18-8-3-9-19-32/h1-10,12-20,22-27H,11,21H2. The second-order valence-corrected chi connectivity index (χ2v) is 11.5. The zero-order valence-electron chi connectivity index (χ0n) is 24.2. The van der Waals surface area contributed by atoms with Crippen molar-refractivity contribution in [2.75, 3.05) is 0 Å².